The van der Waals surface area contributed by atoms with E-state index >= 15 is 0 Å². The zero-order valence-corrected chi connectivity index (χ0v) is 14.7. The van der Waals surface area contributed by atoms with Crippen LogP contribution in [0.25, 0.3) is 5.57 Å². The first-order chi connectivity index (χ1) is 11.0. The third kappa shape index (κ3) is 3.67. The van der Waals surface area contributed by atoms with Gasteiger partial charge in [0.25, 0.3) is 0 Å². The molecule has 3 nitrogen and oxygen atoms in total. The molecule has 2 aromatic carbocycles. The normalized spacial score (nSPS) is 10.2. The fourth-order valence-electron chi connectivity index (χ4n) is 2.73. The van der Waals surface area contributed by atoms with Gasteiger partial charge in [-0.25, -0.2) is 0 Å². The van der Waals surface area contributed by atoms with Crippen molar-refractivity contribution in [1.82, 2.24) is 0 Å². The summed E-state index contributed by atoms with van der Waals surface area (Å²) in [5.41, 5.74) is 5.74. The molecule has 0 aromatic heterocycles. The second-order valence-corrected chi connectivity index (χ2v) is 5.66. The molecule has 3 heteroatoms. The molecule has 0 aliphatic heterocycles. The number of allylic oxidation sites excluding steroid dienone is 1. The van der Waals surface area contributed by atoms with Crippen molar-refractivity contribution in [3.8, 4) is 17.2 Å². The molecular formula is C20H24O3. The molecule has 0 aliphatic rings. The fourth-order valence-corrected chi connectivity index (χ4v) is 2.73. The Morgan fingerprint density at radius 3 is 1.78 bits per heavy atom. The van der Waals surface area contributed by atoms with Crippen LogP contribution in [0.5, 0.6) is 17.2 Å². The van der Waals surface area contributed by atoms with E-state index in [-0.39, 0.29) is 0 Å². The van der Waals surface area contributed by atoms with E-state index in [4.69, 9.17) is 14.2 Å². The lowest BCUT2D eigenvalue weighted by atomic mass is 9.92. The molecule has 0 radical (unpaired) electrons. The average Bonchev–Trinajstić information content (AvgIpc) is 2.54. The van der Waals surface area contributed by atoms with E-state index in [1.807, 2.05) is 24.3 Å². The lowest BCUT2D eigenvalue weighted by molar-refractivity contribution is 0.394. The summed E-state index contributed by atoms with van der Waals surface area (Å²) in [6.07, 6.45) is 0. The van der Waals surface area contributed by atoms with Gasteiger partial charge >= 0.3 is 0 Å². The van der Waals surface area contributed by atoms with E-state index < -0.39 is 0 Å². The highest BCUT2D eigenvalue weighted by molar-refractivity contribution is 5.83. The van der Waals surface area contributed by atoms with Gasteiger partial charge in [-0.15, -0.1) is 0 Å². The molecule has 122 valence electrons. The van der Waals surface area contributed by atoms with Gasteiger partial charge in [0.05, 0.1) is 21.3 Å². The molecule has 0 spiro atoms. The number of benzene rings is 2. The summed E-state index contributed by atoms with van der Waals surface area (Å²) >= 11 is 0. The fraction of sp³-hybridized carbons (Fsp3) is 0.300. The molecule has 0 saturated heterocycles. The van der Waals surface area contributed by atoms with Crippen LogP contribution >= 0.6 is 0 Å². The Morgan fingerprint density at radius 2 is 1.35 bits per heavy atom. The van der Waals surface area contributed by atoms with Gasteiger partial charge in [0.1, 0.15) is 17.2 Å². The van der Waals surface area contributed by atoms with E-state index in [1.165, 1.54) is 11.1 Å². The predicted molar refractivity (Wildman–Crippen MR) is 94.6 cm³/mol. The van der Waals surface area contributed by atoms with Crippen LogP contribution in [0, 0.1) is 6.92 Å². The van der Waals surface area contributed by atoms with Crippen molar-refractivity contribution in [2.24, 2.45) is 0 Å². The van der Waals surface area contributed by atoms with E-state index in [0.717, 1.165) is 33.9 Å². The first-order valence-corrected chi connectivity index (χ1v) is 7.56. The highest BCUT2D eigenvalue weighted by Gasteiger charge is 2.12. The maximum Gasteiger partial charge on any atom is 0.123 e. The standard InChI is InChI=1S/C20H24O3/c1-13(2)20(15-7-8-19(23-6)14(3)9-15)16-10-17(21-4)12-18(11-16)22-5/h7-12H,1-6H3. The Labute approximate surface area is 138 Å². The number of hydrogen-bond acceptors (Lipinski definition) is 3. The first-order valence-electron chi connectivity index (χ1n) is 7.56. The molecule has 0 bridgehead atoms. The van der Waals surface area contributed by atoms with Crippen LogP contribution in [0.4, 0.5) is 0 Å². The Bertz CT molecular complexity index is 703. The van der Waals surface area contributed by atoms with Gasteiger partial charge in [-0.05, 0) is 67.3 Å². The van der Waals surface area contributed by atoms with Crippen molar-refractivity contribution in [1.29, 1.82) is 0 Å². The second kappa shape index (κ2) is 7.23. The van der Waals surface area contributed by atoms with Gasteiger partial charge in [-0.2, -0.15) is 0 Å². The van der Waals surface area contributed by atoms with Crippen LogP contribution in [-0.2, 0) is 0 Å². The largest absolute Gasteiger partial charge is 0.497 e. The van der Waals surface area contributed by atoms with Gasteiger partial charge in [0.2, 0.25) is 0 Å². The minimum absolute atomic E-state index is 0.781. The van der Waals surface area contributed by atoms with Crippen molar-refractivity contribution in [3.05, 3.63) is 58.7 Å². The molecule has 0 fully saturated rings. The zero-order valence-electron chi connectivity index (χ0n) is 14.7. The predicted octanol–water partition coefficient (Wildman–Crippen LogP) is 4.86. The summed E-state index contributed by atoms with van der Waals surface area (Å²) in [6, 6.07) is 12.2. The zero-order chi connectivity index (χ0) is 17.0. The second-order valence-electron chi connectivity index (χ2n) is 5.66. The van der Waals surface area contributed by atoms with Crippen molar-refractivity contribution in [2.75, 3.05) is 21.3 Å². The van der Waals surface area contributed by atoms with E-state index in [9.17, 15) is 0 Å². The third-order valence-electron chi connectivity index (χ3n) is 3.82. The SMILES string of the molecule is COc1cc(OC)cc(C(=C(C)C)c2ccc(OC)c(C)c2)c1. The lowest BCUT2D eigenvalue weighted by Gasteiger charge is -2.15. The molecule has 0 heterocycles. The molecule has 2 rings (SSSR count). The van der Waals surface area contributed by atoms with E-state index in [0.29, 0.717) is 0 Å². The van der Waals surface area contributed by atoms with Crippen LogP contribution in [0.2, 0.25) is 0 Å². The maximum atomic E-state index is 5.40. The van der Waals surface area contributed by atoms with Crippen LogP contribution < -0.4 is 14.2 Å². The molecular weight excluding hydrogens is 288 g/mol. The third-order valence-corrected chi connectivity index (χ3v) is 3.82. The highest BCUT2D eigenvalue weighted by Crippen LogP contribution is 2.34. The average molecular weight is 312 g/mol. The van der Waals surface area contributed by atoms with Crippen molar-refractivity contribution in [2.45, 2.75) is 20.8 Å². The molecule has 0 atom stereocenters. The monoisotopic (exact) mass is 312 g/mol. The Morgan fingerprint density at radius 1 is 0.739 bits per heavy atom. The Hall–Kier alpha value is -2.42. The minimum Gasteiger partial charge on any atom is -0.497 e. The van der Waals surface area contributed by atoms with Gasteiger partial charge in [-0.1, -0.05) is 11.6 Å². The van der Waals surface area contributed by atoms with Crippen molar-refractivity contribution < 1.29 is 14.2 Å². The highest BCUT2D eigenvalue weighted by atomic mass is 16.5. The lowest BCUT2D eigenvalue weighted by Crippen LogP contribution is -1.96. The van der Waals surface area contributed by atoms with Crippen LogP contribution in [0.3, 0.4) is 0 Å². The van der Waals surface area contributed by atoms with Crippen LogP contribution in [0.15, 0.2) is 42.0 Å². The van der Waals surface area contributed by atoms with Crippen LogP contribution in [0.1, 0.15) is 30.5 Å². The molecule has 23 heavy (non-hydrogen) atoms. The number of hydrogen-bond donors (Lipinski definition) is 0. The van der Waals surface area contributed by atoms with Gasteiger partial charge in [0, 0.05) is 6.07 Å². The minimum atomic E-state index is 0.781. The summed E-state index contributed by atoms with van der Waals surface area (Å²) in [5.74, 6) is 2.46. The molecule has 0 aliphatic carbocycles. The number of ether oxygens (including phenoxy) is 3. The molecule has 0 N–H and O–H groups in total. The van der Waals surface area contributed by atoms with Crippen molar-refractivity contribution in [3.63, 3.8) is 0 Å². The van der Waals surface area contributed by atoms with E-state index in [1.54, 1.807) is 21.3 Å². The Kier molecular flexibility index (Phi) is 5.32. The van der Waals surface area contributed by atoms with Gasteiger partial charge in [0.15, 0.2) is 0 Å². The van der Waals surface area contributed by atoms with Crippen molar-refractivity contribution >= 4 is 5.57 Å². The first kappa shape index (κ1) is 16.9. The molecule has 0 unspecified atom stereocenters. The van der Waals surface area contributed by atoms with Gasteiger partial charge < -0.3 is 14.2 Å². The molecule has 0 amide bonds. The summed E-state index contributed by atoms with van der Waals surface area (Å²) in [6.45, 7) is 6.28. The van der Waals surface area contributed by atoms with Crippen LogP contribution in [-0.4, -0.2) is 21.3 Å². The van der Waals surface area contributed by atoms with Gasteiger partial charge in [-0.3, -0.25) is 0 Å². The molecule has 2 aromatic rings. The summed E-state index contributed by atoms with van der Waals surface area (Å²) in [7, 11) is 5.02. The quantitative estimate of drug-likeness (QED) is 0.789. The topological polar surface area (TPSA) is 27.7 Å². The maximum absolute atomic E-state index is 5.40. The smallest absolute Gasteiger partial charge is 0.123 e. The summed E-state index contributed by atoms with van der Waals surface area (Å²) in [4.78, 5) is 0. The summed E-state index contributed by atoms with van der Waals surface area (Å²) < 4.78 is 16.2. The number of methoxy groups -OCH3 is 3. The Balaban J connectivity index is 2.61. The number of aryl methyl sites for hydroxylation is 1. The van der Waals surface area contributed by atoms with E-state index in [2.05, 4.69) is 32.9 Å². The molecule has 0 saturated carbocycles. The summed E-state index contributed by atoms with van der Waals surface area (Å²) in [5, 5.41) is 0. The number of rotatable bonds is 5.